The van der Waals surface area contributed by atoms with E-state index in [1.165, 1.54) is 18.2 Å². The van der Waals surface area contributed by atoms with Gasteiger partial charge in [-0.3, -0.25) is 4.79 Å². The monoisotopic (exact) mass is 293 g/mol. The second kappa shape index (κ2) is 7.32. The Bertz CT molecular complexity index is 545. The van der Waals surface area contributed by atoms with Gasteiger partial charge in [-0.25, -0.2) is 4.39 Å². The van der Waals surface area contributed by atoms with Crippen molar-refractivity contribution in [3.63, 3.8) is 0 Å². The van der Waals surface area contributed by atoms with Crippen molar-refractivity contribution in [2.24, 2.45) is 0 Å². The number of hydrogen-bond donors (Lipinski definition) is 2. The van der Waals surface area contributed by atoms with Crippen LogP contribution in [0.2, 0.25) is 0 Å². The zero-order valence-corrected chi connectivity index (χ0v) is 11.8. The normalized spacial score (nSPS) is 18.0. The van der Waals surface area contributed by atoms with Crippen LogP contribution in [0.4, 0.5) is 10.1 Å². The van der Waals surface area contributed by atoms with Gasteiger partial charge in [0.25, 0.3) is 0 Å². The topological polar surface area (TPSA) is 49.3 Å². The Hall–Kier alpha value is -1.51. The molecule has 1 unspecified atom stereocenters. The van der Waals surface area contributed by atoms with E-state index >= 15 is 0 Å². The summed E-state index contributed by atoms with van der Waals surface area (Å²) >= 11 is 1.66. The Morgan fingerprint density at radius 1 is 1.50 bits per heavy atom. The number of benzene rings is 1. The van der Waals surface area contributed by atoms with Crippen molar-refractivity contribution < 1.29 is 14.3 Å². The van der Waals surface area contributed by atoms with Crippen molar-refractivity contribution in [1.29, 1.82) is 0 Å². The van der Waals surface area contributed by atoms with Gasteiger partial charge >= 0.3 is 0 Å². The van der Waals surface area contributed by atoms with Crippen LogP contribution >= 0.6 is 11.8 Å². The van der Waals surface area contributed by atoms with Gasteiger partial charge < -0.3 is 10.4 Å². The number of aliphatic hydroxyl groups excluding tert-OH is 1. The molecule has 2 rings (SSSR count). The summed E-state index contributed by atoms with van der Waals surface area (Å²) in [6.45, 7) is -0.325. The minimum absolute atomic E-state index is 0.0271. The quantitative estimate of drug-likeness (QED) is 0.823. The molecule has 0 spiro atoms. The summed E-state index contributed by atoms with van der Waals surface area (Å²) in [5.74, 6) is 5.43. The molecule has 1 saturated heterocycles. The van der Waals surface area contributed by atoms with E-state index in [1.54, 1.807) is 11.8 Å². The first-order valence-electron chi connectivity index (χ1n) is 6.52. The molecule has 0 aliphatic carbocycles. The highest BCUT2D eigenvalue weighted by atomic mass is 32.2. The molecule has 1 atom stereocenters. The Morgan fingerprint density at radius 2 is 2.35 bits per heavy atom. The molecular weight excluding hydrogens is 277 g/mol. The van der Waals surface area contributed by atoms with Crippen LogP contribution in [0.5, 0.6) is 0 Å². The predicted molar refractivity (Wildman–Crippen MR) is 79.1 cm³/mol. The van der Waals surface area contributed by atoms with E-state index < -0.39 is 5.82 Å². The van der Waals surface area contributed by atoms with Gasteiger partial charge in [-0.05, 0) is 36.8 Å². The number of hydrogen-bond acceptors (Lipinski definition) is 3. The van der Waals surface area contributed by atoms with E-state index in [4.69, 9.17) is 5.11 Å². The molecule has 0 aromatic heterocycles. The van der Waals surface area contributed by atoms with Crippen molar-refractivity contribution in [2.75, 3.05) is 17.7 Å². The maximum absolute atomic E-state index is 13.5. The molecule has 106 valence electrons. The van der Waals surface area contributed by atoms with Crippen LogP contribution in [0, 0.1) is 17.7 Å². The lowest BCUT2D eigenvalue weighted by Crippen LogP contribution is -2.27. The van der Waals surface area contributed by atoms with Crippen LogP contribution in [0.15, 0.2) is 18.2 Å². The number of rotatable bonds is 2. The Labute approximate surface area is 122 Å². The number of carbonyl (C=O) groups excluding carboxylic acids is 1. The molecule has 5 heteroatoms. The second-order valence-corrected chi connectivity index (χ2v) is 5.81. The summed E-state index contributed by atoms with van der Waals surface area (Å²) in [6.07, 6.45) is 3.11. The second-order valence-electron chi connectivity index (χ2n) is 4.50. The van der Waals surface area contributed by atoms with Crippen molar-refractivity contribution >= 4 is 23.4 Å². The molecule has 3 nitrogen and oxygen atoms in total. The largest absolute Gasteiger partial charge is 0.384 e. The molecule has 0 saturated carbocycles. The van der Waals surface area contributed by atoms with E-state index in [1.807, 2.05) is 0 Å². The van der Waals surface area contributed by atoms with Crippen LogP contribution in [0.3, 0.4) is 0 Å². The molecule has 1 aliphatic heterocycles. The smallest absolute Gasteiger partial charge is 0.237 e. The third-order valence-corrected chi connectivity index (χ3v) is 4.38. The van der Waals surface area contributed by atoms with E-state index in [9.17, 15) is 9.18 Å². The van der Waals surface area contributed by atoms with Crippen LogP contribution < -0.4 is 5.32 Å². The molecule has 1 aromatic rings. The summed E-state index contributed by atoms with van der Waals surface area (Å²) in [7, 11) is 0. The number of thioether (sulfide) groups is 1. The van der Waals surface area contributed by atoms with Gasteiger partial charge in [-0.15, -0.1) is 11.8 Å². The van der Waals surface area contributed by atoms with Crippen molar-refractivity contribution in [2.45, 2.75) is 24.5 Å². The maximum atomic E-state index is 13.5. The van der Waals surface area contributed by atoms with E-state index in [0.717, 1.165) is 25.0 Å². The lowest BCUT2D eigenvalue weighted by molar-refractivity contribution is -0.115. The number of amides is 1. The minimum Gasteiger partial charge on any atom is -0.384 e. The van der Waals surface area contributed by atoms with Gasteiger partial charge in [0.1, 0.15) is 12.4 Å². The number of carbonyl (C=O) groups is 1. The molecule has 0 bridgehead atoms. The van der Waals surface area contributed by atoms with Gasteiger partial charge in [0.05, 0.1) is 10.8 Å². The highest BCUT2D eigenvalue weighted by Gasteiger charge is 2.21. The van der Waals surface area contributed by atoms with E-state index in [-0.39, 0.29) is 23.3 Å². The van der Waals surface area contributed by atoms with Crippen molar-refractivity contribution in [3.8, 4) is 11.8 Å². The lowest BCUT2D eigenvalue weighted by atomic mass is 10.1. The Morgan fingerprint density at radius 3 is 3.05 bits per heavy atom. The molecule has 2 N–H and O–H groups in total. The number of halogens is 1. The van der Waals surface area contributed by atoms with Gasteiger partial charge in [0.2, 0.25) is 5.91 Å². The van der Waals surface area contributed by atoms with Gasteiger partial charge in [-0.1, -0.05) is 18.3 Å². The average molecular weight is 293 g/mol. The van der Waals surface area contributed by atoms with Crippen molar-refractivity contribution in [1.82, 2.24) is 0 Å². The molecule has 0 radical (unpaired) electrons. The highest BCUT2D eigenvalue weighted by Crippen LogP contribution is 2.26. The molecule has 1 fully saturated rings. The first kappa shape index (κ1) is 14.9. The zero-order chi connectivity index (χ0) is 14.4. The number of aliphatic hydroxyl groups is 1. The third-order valence-electron chi connectivity index (χ3n) is 3.01. The molecular formula is C15H16FNO2S. The molecule has 1 aliphatic rings. The van der Waals surface area contributed by atoms with Crippen LogP contribution in [-0.2, 0) is 4.79 Å². The fraction of sp³-hybridized carbons (Fsp3) is 0.400. The summed E-state index contributed by atoms with van der Waals surface area (Å²) in [5, 5.41) is 11.4. The maximum Gasteiger partial charge on any atom is 0.237 e. The van der Waals surface area contributed by atoms with Gasteiger partial charge in [0, 0.05) is 5.69 Å². The zero-order valence-electron chi connectivity index (χ0n) is 11.0. The minimum atomic E-state index is -0.462. The van der Waals surface area contributed by atoms with Gasteiger partial charge in [0.15, 0.2) is 0 Å². The Kier molecular flexibility index (Phi) is 5.45. The highest BCUT2D eigenvalue weighted by molar-refractivity contribution is 8.00. The van der Waals surface area contributed by atoms with Crippen LogP contribution in [0.1, 0.15) is 24.8 Å². The average Bonchev–Trinajstić information content (AvgIpc) is 2.48. The summed E-state index contributed by atoms with van der Waals surface area (Å²) in [4.78, 5) is 12.1. The predicted octanol–water partition coefficient (Wildman–Crippen LogP) is 2.39. The van der Waals surface area contributed by atoms with Crippen LogP contribution in [-0.4, -0.2) is 28.6 Å². The molecule has 1 amide bonds. The SMILES string of the molecule is O=C(Nc1ccc(F)c(C#CCO)c1)C1CCCCS1. The van der Waals surface area contributed by atoms with E-state index in [2.05, 4.69) is 17.2 Å². The Balaban J connectivity index is 2.07. The number of nitrogens with one attached hydrogen (secondary N) is 1. The fourth-order valence-electron chi connectivity index (χ4n) is 2.00. The van der Waals surface area contributed by atoms with E-state index in [0.29, 0.717) is 5.69 Å². The summed E-state index contributed by atoms with van der Waals surface area (Å²) in [5.41, 5.74) is 0.706. The lowest BCUT2D eigenvalue weighted by Gasteiger charge is -2.20. The number of anilines is 1. The summed E-state index contributed by atoms with van der Waals surface area (Å²) in [6, 6.07) is 4.28. The molecule has 20 heavy (non-hydrogen) atoms. The standard InChI is InChI=1S/C15H16FNO2S/c16-13-7-6-12(10-11(13)4-3-8-18)17-15(19)14-5-1-2-9-20-14/h6-7,10,14,18H,1-2,5,8-9H2,(H,17,19). The van der Waals surface area contributed by atoms with Crippen molar-refractivity contribution in [3.05, 3.63) is 29.6 Å². The molecule has 1 heterocycles. The fourth-order valence-corrected chi connectivity index (χ4v) is 3.20. The van der Waals surface area contributed by atoms with Crippen LogP contribution in [0.25, 0.3) is 0 Å². The van der Waals surface area contributed by atoms with Gasteiger partial charge in [-0.2, -0.15) is 0 Å². The first-order valence-corrected chi connectivity index (χ1v) is 7.57. The summed E-state index contributed by atoms with van der Waals surface area (Å²) < 4.78 is 13.5. The third kappa shape index (κ3) is 3.99. The first-order chi connectivity index (χ1) is 9.70. The molecule has 1 aromatic carbocycles.